The summed E-state index contributed by atoms with van der Waals surface area (Å²) in [6.07, 6.45) is 3.46. The van der Waals surface area contributed by atoms with Gasteiger partial charge in [0.2, 0.25) is 0 Å². The molecule has 2 fully saturated rings. The molecule has 1 aliphatic carbocycles. The van der Waals surface area contributed by atoms with E-state index in [0.29, 0.717) is 31.8 Å². The largest absolute Gasteiger partial charge is 0.490 e. The van der Waals surface area contributed by atoms with E-state index < -0.39 is 17.3 Å². The van der Waals surface area contributed by atoms with Gasteiger partial charge < -0.3 is 20.1 Å². The summed E-state index contributed by atoms with van der Waals surface area (Å²) in [4.78, 5) is 2.07. The molecule has 3 N–H and O–H groups in total. The molecule has 1 aliphatic heterocycles. The maximum absolute atomic E-state index is 10.9. The fourth-order valence-electron chi connectivity index (χ4n) is 3.94. The summed E-state index contributed by atoms with van der Waals surface area (Å²) in [6, 6.07) is 7.66. The number of ether oxygens (including phenoxy) is 1. The van der Waals surface area contributed by atoms with E-state index in [2.05, 4.69) is 4.90 Å². The average Bonchev–Trinajstić information content (AvgIpc) is 2.96. The highest BCUT2D eigenvalue weighted by Crippen LogP contribution is 2.32. The van der Waals surface area contributed by atoms with Gasteiger partial charge in [-0.15, -0.1) is 0 Å². The van der Waals surface area contributed by atoms with Crippen molar-refractivity contribution in [2.45, 2.75) is 56.3 Å². The van der Waals surface area contributed by atoms with Crippen LogP contribution >= 0.6 is 0 Å². The van der Waals surface area contributed by atoms with Crippen LogP contribution in [-0.2, 0) is 0 Å². The fourth-order valence-corrected chi connectivity index (χ4v) is 3.94. The smallest absolute Gasteiger partial charge is 0.137 e. The lowest BCUT2D eigenvalue weighted by Gasteiger charge is -2.44. The van der Waals surface area contributed by atoms with Gasteiger partial charge in [0.1, 0.15) is 18.0 Å². The summed E-state index contributed by atoms with van der Waals surface area (Å²) in [5, 5.41) is 31.8. The number of rotatable bonds is 5. The number of aliphatic hydroxyl groups excluding tert-OH is 1. The van der Waals surface area contributed by atoms with Crippen LogP contribution in [0.1, 0.15) is 37.7 Å². The Morgan fingerprint density at radius 1 is 1.25 bits per heavy atom. The van der Waals surface area contributed by atoms with Gasteiger partial charge >= 0.3 is 0 Å². The molecule has 5 heteroatoms. The number of piperidine rings is 1. The van der Waals surface area contributed by atoms with Crippen molar-refractivity contribution in [3.8, 4) is 5.75 Å². The van der Waals surface area contributed by atoms with E-state index in [-0.39, 0.29) is 6.61 Å². The van der Waals surface area contributed by atoms with Crippen molar-refractivity contribution in [1.29, 1.82) is 0 Å². The lowest BCUT2D eigenvalue weighted by Crippen LogP contribution is -2.61. The van der Waals surface area contributed by atoms with Gasteiger partial charge in [0.15, 0.2) is 0 Å². The SMILES string of the molecule is Cc1cccc(OC[C@@]2(O)CN(CC3(O)CCCC3)CC[C@@H]2O)c1. The first-order chi connectivity index (χ1) is 11.4. The van der Waals surface area contributed by atoms with Crippen LogP contribution in [0.5, 0.6) is 5.75 Å². The van der Waals surface area contributed by atoms with Crippen LogP contribution in [0.2, 0.25) is 0 Å². The Labute approximate surface area is 143 Å². The average molecular weight is 335 g/mol. The third kappa shape index (κ3) is 4.09. The Morgan fingerprint density at radius 3 is 2.71 bits per heavy atom. The maximum atomic E-state index is 10.9. The minimum absolute atomic E-state index is 0.0482. The number of nitrogens with zero attached hydrogens (tertiary/aromatic N) is 1. The zero-order chi connectivity index (χ0) is 17.2. The zero-order valence-corrected chi connectivity index (χ0v) is 14.4. The van der Waals surface area contributed by atoms with E-state index in [1.54, 1.807) is 0 Å². The molecule has 0 aromatic heterocycles. The van der Waals surface area contributed by atoms with E-state index >= 15 is 0 Å². The molecule has 24 heavy (non-hydrogen) atoms. The molecule has 1 aromatic carbocycles. The zero-order valence-electron chi connectivity index (χ0n) is 14.4. The predicted octanol–water partition coefficient (Wildman–Crippen LogP) is 1.48. The van der Waals surface area contributed by atoms with Gasteiger partial charge in [-0.2, -0.15) is 0 Å². The van der Waals surface area contributed by atoms with Crippen LogP contribution in [-0.4, -0.2) is 63.8 Å². The quantitative estimate of drug-likeness (QED) is 0.760. The molecule has 0 radical (unpaired) electrons. The summed E-state index contributed by atoms with van der Waals surface area (Å²) in [6.45, 7) is 3.61. The molecule has 2 aliphatic rings. The molecule has 1 aromatic rings. The third-order valence-corrected chi connectivity index (χ3v) is 5.37. The molecular weight excluding hydrogens is 306 g/mol. The Kier molecular flexibility index (Phi) is 5.16. The van der Waals surface area contributed by atoms with Crippen LogP contribution in [0.3, 0.4) is 0 Å². The molecule has 1 saturated heterocycles. The molecule has 5 nitrogen and oxygen atoms in total. The van der Waals surface area contributed by atoms with Crippen LogP contribution in [0.25, 0.3) is 0 Å². The number of aryl methyl sites for hydroxylation is 1. The number of aliphatic hydroxyl groups is 3. The first-order valence-electron chi connectivity index (χ1n) is 8.93. The van der Waals surface area contributed by atoms with E-state index in [1.807, 2.05) is 31.2 Å². The first-order valence-corrected chi connectivity index (χ1v) is 8.93. The second-order valence-electron chi connectivity index (χ2n) is 7.66. The van der Waals surface area contributed by atoms with Gasteiger partial charge in [0.25, 0.3) is 0 Å². The topological polar surface area (TPSA) is 73.2 Å². The minimum Gasteiger partial charge on any atom is -0.490 e. The van der Waals surface area contributed by atoms with Crippen molar-refractivity contribution in [2.75, 3.05) is 26.2 Å². The highest BCUT2D eigenvalue weighted by atomic mass is 16.5. The molecule has 2 atom stereocenters. The van der Waals surface area contributed by atoms with Crippen LogP contribution < -0.4 is 4.74 Å². The van der Waals surface area contributed by atoms with Crippen molar-refractivity contribution in [3.05, 3.63) is 29.8 Å². The Morgan fingerprint density at radius 2 is 2.00 bits per heavy atom. The van der Waals surface area contributed by atoms with Crippen molar-refractivity contribution < 1.29 is 20.1 Å². The molecule has 1 saturated carbocycles. The summed E-state index contributed by atoms with van der Waals surface area (Å²) < 4.78 is 5.74. The Hall–Kier alpha value is -1.14. The molecule has 3 rings (SSSR count). The minimum atomic E-state index is -1.31. The van der Waals surface area contributed by atoms with Gasteiger partial charge in [-0.05, 0) is 43.9 Å². The molecule has 0 bridgehead atoms. The van der Waals surface area contributed by atoms with E-state index in [9.17, 15) is 15.3 Å². The first kappa shape index (κ1) is 17.7. The lowest BCUT2D eigenvalue weighted by molar-refractivity contribution is -0.147. The molecule has 1 heterocycles. The van der Waals surface area contributed by atoms with Gasteiger partial charge in [0, 0.05) is 19.6 Å². The highest BCUT2D eigenvalue weighted by Gasteiger charge is 2.44. The molecule has 0 amide bonds. The number of likely N-dealkylation sites (tertiary alicyclic amines) is 1. The Bertz CT molecular complexity index is 558. The number of benzene rings is 1. The molecule has 0 unspecified atom stereocenters. The third-order valence-electron chi connectivity index (χ3n) is 5.37. The number of hydrogen-bond acceptors (Lipinski definition) is 5. The summed E-state index contributed by atoms with van der Waals surface area (Å²) in [7, 11) is 0. The monoisotopic (exact) mass is 335 g/mol. The lowest BCUT2D eigenvalue weighted by atomic mass is 9.89. The highest BCUT2D eigenvalue weighted by molar-refractivity contribution is 5.27. The van der Waals surface area contributed by atoms with E-state index in [1.165, 1.54) is 0 Å². The fraction of sp³-hybridized carbons (Fsp3) is 0.684. The summed E-state index contributed by atoms with van der Waals surface area (Å²) >= 11 is 0. The standard InChI is InChI=1S/C19H29NO4/c1-15-5-4-6-16(11-15)24-14-19(23)13-20(10-7-17(19)21)12-18(22)8-2-3-9-18/h4-6,11,17,21-23H,2-3,7-10,12-14H2,1H3/t17-,19-/m0/s1. The summed E-state index contributed by atoms with van der Waals surface area (Å²) in [5.41, 5.74) is -0.855. The van der Waals surface area contributed by atoms with Gasteiger partial charge in [0.05, 0.1) is 11.7 Å². The second kappa shape index (κ2) is 7.00. The molecule has 134 valence electrons. The predicted molar refractivity (Wildman–Crippen MR) is 92.1 cm³/mol. The van der Waals surface area contributed by atoms with Gasteiger partial charge in [-0.1, -0.05) is 25.0 Å². The van der Waals surface area contributed by atoms with Crippen molar-refractivity contribution in [1.82, 2.24) is 4.90 Å². The molecule has 0 spiro atoms. The van der Waals surface area contributed by atoms with E-state index in [0.717, 1.165) is 31.2 Å². The van der Waals surface area contributed by atoms with Crippen LogP contribution in [0, 0.1) is 6.92 Å². The van der Waals surface area contributed by atoms with Crippen LogP contribution in [0.15, 0.2) is 24.3 Å². The Balaban J connectivity index is 1.61. The van der Waals surface area contributed by atoms with E-state index in [4.69, 9.17) is 4.74 Å². The second-order valence-corrected chi connectivity index (χ2v) is 7.66. The van der Waals surface area contributed by atoms with Crippen molar-refractivity contribution >= 4 is 0 Å². The number of β-amino-alcohol motifs (C(OH)–C–C–N with tert-alkyl or cyclic N) is 2. The normalized spacial score (nSPS) is 30.4. The van der Waals surface area contributed by atoms with Gasteiger partial charge in [-0.25, -0.2) is 0 Å². The van der Waals surface area contributed by atoms with Crippen molar-refractivity contribution in [3.63, 3.8) is 0 Å². The molecular formula is C19H29NO4. The number of hydrogen-bond donors (Lipinski definition) is 3. The van der Waals surface area contributed by atoms with Gasteiger partial charge in [-0.3, -0.25) is 4.90 Å². The van der Waals surface area contributed by atoms with Crippen LogP contribution in [0.4, 0.5) is 0 Å². The van der Waals surface area contributed by atoms with Crippen molar-refractivity contribution in [2.24, 2.45) is 0 Å². The maximum Gasteiger partial charge on any atom is 0.137 e. The summed E-state index contributed by atoms with van der Waals surface area (Å²) in [5.74, 6) is 0.696.